The van der Waals surface area contributed by atoms with Gasteiger partial charge < -0.3 is 15.3 Å². The Hall–Kier alpha value is -1.66. The molecule has 0 atom stereocenters. The van der Waals surface area contributed by atoms with Crippen LogP contribution in [0.2, 0.25) is 0 Å². The van der Waals surface area contributed by atoms with Crippen LogP contribution in [-0.2, 0) is 22.4 Å². The summed E-state index contributed by atoms with van der Waals surface area (Å²) in [6, 6.07) is 20.9. The van der Waals surface area contributed by atoms with E-state index in [9.17, 15) is 15.3 Å². The number of rotatable bonds is 0. The molecule has 2 radical (unpaired) electrons. The monoisotopic (exact) mass is 502 g/mol. The molecule has 0 bridgehead atoms. The molecule has 26 heavy (non-hydrogen) atoms. The van der Waals surface area contributed by atoms with E-state index in [4.69, 9.17) is 0 Å². The summed E-state index contributed by atoms with van der Waals surface area (Å²) < 4.78 is 0. The van der Waals surface area contributed by atoms with Crippen LogP contribution in [0, 0.1) is 20.8 Å². The first kappa shape index (κ1) is 26.6. The van der Waals surface area contributed by atoms with Crippen molar-refractivity contribution in [2.24, 2.45) is 0 Å². The first-order valence-corrected chi connectivity index (χ1v) is 7.59. The van der Waals surface area contributed by atoms with E-state index >= 15 is 0 Å². The molecule has 0 fully saturated rings. The third kappa shape index (κ3) is 10.4. The first-order valence-electron chi connectivity index (χ1n) is 7.59. The Morgan fingerprint density at radius 3 is 0.769 bits per heavy atom. The number of para-hydroxylation sites is 3. The number of hydrogen-bond acceptors (Lipinski definition) is 3. The van der Waals surface area contributed by atoms with Gasteiger partial charge in [-0.15, -0.1) is 17.2 Å². The van der Waals surface area contributed by atoms with Gasteiger partial charge in [0.15, 0.2) is 0 Å². The Labute approximate surface area is 182 Å². The molecule has 3 aromatic carbocycles. The Balaban J connectivity index is 0. The normalized spacial score (nSPS) is 8.42. The molecule has 0 amide bonds. The van der Waals surface area contributed by atoms with Crippen LogP contribution in [0.5, 0.6) is 17.2 Å². The van der Waals surface area contributed by atoms with Crippen LogP contribution >= 0.6 is 0 Å². The Morgan fingerprint density at radius 1 is 0.462 bits per heavy atom. The van der Waals surface area contributed by atoms with Gasteiger partial charge in [-0.05, 0) is 20.8 Å². The molecule has 0 aliphatic heterocycles. The molecule has 138 valence electrons. The van der Waals surface area contributed by atoms with Crippen molar-refractivity contribution in [3.63, 3.8) is 0 Å². The molecule has 0 aliphatic rings. The summed E-state index contributed by atoms with van der Waals surface area (Å²) in [7, 11) is 0. The first-order chi connectivity index (χ1) is 11.4. The number of hydrogen-bond donors (Lipinski definition) is 0. The van der Waals surface area contributed by atoms with Gasteiger partial charge in [-0.1, -0.05) is 89.5 Å². The van der Waals surface area contributed by atoms with Crippen LogP contribution in [0.15, 0.2) is 72.8 Å². The molecular weight excluding hydrogens is 481 g/mol. The second-order valence-electron chi connectivity index (χ2n) is 5.30. The minimum absolute atomic E-state index is 0. The molecule has 0 saturated carbocycles. The van der Waals surface area contributed by atoms with Gasteiger partial charge in [0.1, 0.15) is 0 Å². The van der Waals surface area contributed by atoms with Gasteiger partial charge in [0.25, 0.3) is 0 Å². The van der Waals surface area contributed by atoms with Crippen LogP contribution in [0.25, 0.3) is 0 Å². The predicted octanol–water partition coefficient (Wildman–Crippen LogP) is 2.82. The second-order valence-corrected chi connectivity index (χ2v) is 5.30. The van der Waals surface area contributed by atoms with Gasteiger partial charge in [0, 0.05) is 0 Å². The molecule has 0 aliphatic carbocycles. The zero-order valence-corrected chi connectivity index (χ0v) is 18.5. The Kier molecular flexibility index (Phi) is 14.8. The van der Waals surface area contributed by atoms with E-state index in [0.29, 0.717) is 0 Å². The van der Waals surface area contributed by atoms with Crippen molar-refractivity contribution in [2.45, 2.75) is 20.8 Å². The van der Waals surface area contributed by atoms with Gasteiger partial charge in [-0.2, -0.15) is 0 Å². The van der Waals surface area contributed by atoms with Crippen LogP contribution in [-0.4, -0.2) is 17.6 Å². The molecule has 0 heterocycles. The van der Waals surface area contributed by atoms with E-state index in [1.807, 2.05) is 57.2 Å². The molecule has 3 nitrogen and oxygen atoms in total. The third-order valence-corrected chi connectivity index (χ3v) is 3.28. The largest absolute Gasteiger partial charge is 2.00 e. The SMILES string of the molecule is Cc1ccccc1[O-].Cc1ccccc1[O-].Cc1ccccc1[O-].[Ag+].[Ge+2]. The number of aryl methyl sites for hydroxylation is 3. The van der Waals surface area contributed by atoms with Crippen molar-refractivity contribution in [1.29, 1.82) is 0 Å². The fraction of sp³-hybridized carbons (Fsp3) is 0.143. The van der Waals surface area contributed by atoms with E-state index in [-0.39, 0.29) is 57.2 Å². The van der Waals surface area contributed by atoms with Gasteiger partial charge in [0.2, 0.25) is 0 Å². The van der Waals surface area contributed by atoms with Crippen molar-refractivity contribution in [3.05, 3.63) is 89.5 Å². The van der Waals surface area contributed by atoms with Crippen LogP contribution in [0.3, 0.4) is 0 Å². The van der Waals surface area contributed by atoms with E-state index < -0.39 is 0 Å². The molecule has 3 aromatic rings. The summed E-state index contributed by atoms with van der Waals surface area (Å²) in [6.07, 6.45) is 0. The summed E-state index contributed by atoms with van der Waals surface area (Å²) >= 11 is 0. The average molecular weight is 502 g/mol. The summed E-state index contributed by atoms with van der Waals surface area (Å²) in [5.41, 5.74) is 2.44. The van der Waals surface area contributed by atoms with Crippen molar-refractivity contribution in [3.8, 4) is 17.2 Å². The molecule has 0 saturated heterocycles. The molecule has 0 aromatic heterocycles. The van der Waals surface area contributed by atoms with Crippen molar-refractivity contribution >= 4 is 17.6 Å². The second kappa shape index (κ2) is 14.5. The predicted molar refractivity (Wildman–Crippen MR) is 97.6 cm³/mol. The summed E-state index contributed by atoms with van der Waals surface area (Å²) in [4.78, 5) is 0. The molecule has 0 unspecified atom stereocenters. The van der Waals surface area contributed by atoms with Gasteiger partial charge >= 0.3 is 40.0 Å². The fourth-order valence-corrected chi connectivity index (χ4v) is 1.67. The quantitative estimate of drug-likeness (QED) is 0.445. The summed E-state index contributed by atoms with van der Waals surface area (Å²) in [6.45, 7) is 5.42. The van der Waals surface area contributed by atoms with E-state index in [1.54, 1.807) is 36.4 Å². The van der Waals surface area contributed by atoms with Crippen molar-refractivity contribution in [1.82, 2.24) is 0 Å². The zero-order chi connectivity index (χ0) is 17.9. The Bertz CT molecular complexity index is 597. The zero-order valence-electron chi connectivity index (χ0n) is 15.0. The van der Waals surface area contributed by atoms with Crippen molar-refractivity contribution in [2.75, 3.05) is 0 Å². The number of benzene rings is 3. The fourth-order valence-electron chi connectivity index (χ4n) is 1.67. The van der Waals surface area contributed by atoms with Gasteiger partial charge in [-0.25, -0.2) is 0 Å². The topological polar surface area (TPSA) is 69.2 Å². The van der Waals surface area contributed by atoms with E-state index in [2.05, 4.69) is 0 Å². The molecule has 3 rings (SSSR count). The summed E-state index contributed by atoms with van der Waals surface area (Å²) in [5, 5.41) is 31.9. The van der Waals surface area contributed by atoms with Crippen molar-refractivity contribution < 1.29 is 37.7 Å². The van der Waals surface area contributed by atoms with Gasteiger partial charge in [-0.3, -0.25) is 0 Å². The van der Waals surface area contributed by atoms with E-state index in [0.717, 1.165) is 16.7 Å². The van der Waals surface area contributed by atoms with Gasteiger partial charge in [0.05, 0.1) is 0 Å². The Morgan fingerprint density at radius 2 is 0.654 bits per heavy atom. The third-order valence-electron chi connectivity index (χ3n) is 3.28. The maximum absolute atomic E-state index is 10.6. The average Bonchev–Trinajstić information content (AvgIpc) is 2.57. The molecule has 5 heteroatoms. The molecule has 0 N–H and O–H groups in total. The molecular formula is C21H21AgGeO3. The smallest absolute Gasteiger partial charge is 0.872 e. The van der Waals surface area contributed by atoms with Crippen LogP contribution in [0.4, 0.5) is 0 Å². The minimum atomic E-state index is 0. The standard InChI is InChI=1S/3C7H8O.Ag.Ge/c3*1-6-4-2-3-5-7(6)8;;/h3*2-5,8H,1H3;;/q;;;+1;+2/p-3. The van der Waals surface area contributed by atoms with Crippen LogP contribution in [0.1, 0.15) is 16.7 Å². The maximum atomic E-state index is 10.6. The molecule has 0 spiro atoms. The van der Waals surface area contributed by atoms with E-state index in [1.165, 1.54) is 0 Å². The van der Waals surface area contributed by atoms with Crippen LogP contribution < -0.4 is 15.3 Å². The minimum Gasteiger partial charge on any atom is -0.872 e. The maximum Gasteiger partial charge on any atom is 2.00 e. The summed E-state index contributed by atoms with van der Waals surface area (Å²) in [5.74, 6) is 0.354.